The molecule has 0 heterocycles. The van der Waals surface area contributed by atoms with Crippen molar-refractivity contribution in [2.24, 2.45) is 5.73 Å². The van der Waals surface area contributed by atoms with Crippen molar-refractivity contribution in [1.29, 1.82) is 0 Å². The largest absolute Gasteiger partial charge is 0.493 e. The van der Waals surface area contributed by atoms with Gasteiger partial charge in [-0.2, -0.15) is 0 Å². The first-order valence-electron chi connectivity index (χ1n) is 6.72. The zero-order valence-electron chi connectivity index (χ0n) is 12.1. The van der Waals surface area contributed by atoms with Crippen molar-refractivity contribution >= 4 is 0 Å². The summed E-state index contributed by atoms with van der Waals surface area (Å²) in [6.07, 6.45) is 2.49. The van der Waals surface area contributed by atoms with Crippen LogP contribution in [0.3, 0.4) is 0 Å². The molecule has 4 nitrogen and oxygen atoms in total. The Hall–Kier alpha value is -1.26. The van der Waals surface area contributed by atoms with E-state index in [1.807, 2.05) is 25.1 Å². The van der Waals surface area contributed by atoms with Gasteiger partial charge in [0.25, 0.3) is 0 Å². The minimum Gasteiger partial charge on any atom is -0.493 e. The van der Waals surface area contributed by atoms with Gasteiger partial charge in [-0.05, 0) is 43.9 Å². The highest BCUT2D eigenvalue weighted by Gasteiger charge is 2.16. The summed E-state index contributed by atoms with van der Waals surface area (Å²) >= 11 is 0. The SMILES string of the molecule is CCc1ccc(OCCCC(C)(N)CO)c(OC)c1. The standard InChI is InChI=1S/C15H25NO3/c1-4-12-6-7-13(14(10-12)18-3)19-9-5-8-15(2,16)11-17/h6-7,10,17H,4-5,8-9,11,16H2,1-3H3. The van der Waals surface area contributed by atoms with E-state index < -0.39 is 5.54 Å². The van der Waals surface area contributed by atoms with Crippen molar-refractivity contribution in [3.63, 3.8) is 0 Å². The average Bonchev–Trinajstić information content (AvgIpc) is 2.43. The van der Waals surface area contributed by atoms with Gasteiger partial charge in [0, 0.05) is 5.54 Å². The molecule has 0 fully saturated rings. The Morgan fingerprint density at radius 1 is 1.32 bits per heavy atom. The van der Waals surface area contributed by atoms with E-state index in [9.17, 15) is 0 Å². The number of rotatable bonds is 8. The van der Waals surface area contributed by atoms with Crippen molar-refractivity contribution in [1.82, 2.24) is 0 Å². The quantitative estimate of drug-likeness (QED) is 0.708. The molecule has 1 unspecified atom stereocenters. The molecule has 19 heavy (non-hydrogen) atoms. The molecule has 0 aliphatic rings. The van der Waals surface area contributed by atoms with Crippen LogP contribution in [0, 0.1) is 0 Å². The number of aryl methyl sites for hydroxylation is 1. The third kappa shape index (κ3) is 5.09. The number of hydrogen-bond donors (Lipinski definition) is 2. The Bertz CT molecular complexity index is 391. The number of aliphatic hydroxyl groups excluding tert-OH is 1. The fourth-order valence-corrected chi connectivity index (χ4v) is 1.79. The van der Waals surface area contributed by atoms with E-state index in [0.717, 1.165) is 30.8 Å². The highest BCUT2D eigenvalue weighted by Crippen LogP contribution is 2.28. The summed E-state index contributed by atoms with van der Waals surface area (Å²) in [7, 11) is 1.64. The van der Waals surface area contributed by atoms with Crippen molar-refractivity contribution in [2.75, 3.05) is 20.3 Å². The highest BCUT2D eigenvalue weighted by molar-refractivity contribution is 5.42. The molecule has 108 valence electrons. The van der Waals surface area contributed by atoms with E-state index >= 15 is 0 Å². The van der Waals surface area contributed by atoms with Crippen LogP contribution in [0.25, 0.3) is 0 Å². The maximum atomic E-state index is 9.06. The average molecular weight is 267 g/mol. The third-order valence-electron chi connectivity index (χ3n) is 3.15. The molecule has 0 spiro atoms. The lowest BCUT2D eigenvalue weighted by atomic mass is 9.99. The number of methoxy groups -OCH3 is 1. The summed E-state index contributed by atoms with van der Waals surface area (Å²) < 4.78 is 11.0. The van der Waals surface area contributed by atoms with Crippen LogP contribution in [0.1, 0.15) is 32.3 Å². The van der Waals surface area contributed by atoms with Gasteiger partial charge in [0.05, 0.1) is 20.3 Å². The molecule has 0 bridgehead atoms. The number of nitrogens with two attached hydrogens (primary N) is 1. The molecular weight excluding hydrogens is 242 g/mol. The fraction of sp³-hybridized carbons (Fsp3) is 0.600. The van der Waals surface area contributed by atoms with E-state index in [1.165, 1.54) is 5.56 Å². The summed E-state index contributed by atoms with van der Waals surface area (Å²) in [5.74, 6) is 1.51. The second kappa shape index (κ2) is 7.36. The normalized spacial score (nSPS) is 13.9. The Kier molecular flexibility index (Phi) is 6.12. The van der Waals surface area contributed by atoms with E-state index in [0.29, 0.717) is 6.61 Å². The first-order chi connectivity index (χ1) is 9.02. The van der Waals surface area contributed by atoms with Crippen LogP contribution in [0.2, 0.25) is 0 Å². The first kappa shape index (κ1) is 15.8. The molecule has 1 rings (SSSR count). The lowest BCUT2D eigenvalue weighted by molar-refractivity contribution is 0.187. The molecule has 0 saturated carbocycles. The van der Waals surface area contributed by atoms with Crippen LogP contribution in [-0.4, -0.2) is 31.0 Å². The molecule has 0 saturated heterocycles. The lowest BCUT2D eigenvalue weighted by Crippen LogP contribution is -2.40. The Balaban J connectivity index is 2.49. The predicted octanol–water partition coefficient (Wildman–Crippen LogP) is 2.13. The fourth-order valence-electron chi connectivity index (χ4n) is 1.79. The smallest absolute Gasteiger partial charge is 0.161 e. The van der Waals surface area contributed by atoms with Gasteiger partial charge in [0.15, 0.2) is 11.5 Å². The minimum absolute atomic E-state index is 0.0124. The summed E-state index contributed by atoms with van der Waals surface area (Å²) in [5.41, 5.74) is 6.55. The van der Waals surface area contributed by atoms with Gasteiger partial charge in [-0.3, -0.25) is 0 Å². The Morgan fingerprint density at radius 2 is 2.05 bits per heavy atom. The third-order valence-corrected chi connectivity index (χ3v) is 3.15. The molecule has 0 aromatic heterocycles. The molecule has 0 aliphatic heterocycles. The second-order valence-corrected chi connectivity index (χ2v) is 5.10. The van der Waals surface area contributed by atoms with Crippen molar-refractivity contribution < 1.29 is 14.6 Å². The molecule has 1 aromatic rings. The monoisotopic (exact) mass is 267 g/mol. The Morgan fingerprint density at radius 3 is 2.63 bits per heavy atom. The van der Waals surface area contributed by atoms with Gasteiger partial charge in [0.1, 0.15) is 0 Å². The van der Waals surface area contributed by atoms with Gasteiger partial charge >= 0.3 is 0 Å². The van der Waals surface area contributed by atoms with Crippen molar-refractivity contribution in [3.05, 3.63) is 23.8 Å². The first-order valence-corrected chi connectivity index (χ1v) is 6.72. The van der Waals surface area contributed by atoms with E-state index in [2.05, 4.69) is 6.92 Å². The van der Waals surface area contributed by atoms with E-state index in [-0.39, 0.29) is 6.61 Å². The second-order valence-electron chi connectivity index (χ2n) is 5.10. The van der Waals surface area contributed by atoms with Crippen LogP contribution in [0.15, 0.2) is 18.2 Å². The van der Waals surface area contributed by atoms with Crippen LogP contribution >= 0.6 is 0 Å². The predicted molar refractivity (Wildman–Crippen MR) is 76.8 cm³/mol. The molecular formula is C15H25NO3. The number of benzene rings is 1. The molecule has 0 amide bonds. The van der Waals surface area contributed by atoms with Crippen LogP contribution in [0.4, 0.5) is 0 Å². The Labute approximate surface area is 115 Å². The van der Waals surface area contributed by atoms with Gasteiger partial charge in [-0.15, -0.1) is 0 Å². The van der Waals surface area contributed by atoms with Crippen LogP contribution < -0.4 is 15.2 Å². The molecule has 0 radical (unpaired) electrons. The molecule has 1 aromatic carbocycles. The summed E-state index contributed by atoms with van der Waals surface area (Å²) in [6.45, 7) is 4.49. The zero-order valence-corrected chi connectivity index (χ0v) is 12.1. The molecule has 3 N–H and O–H groups in total. The minimum atomic E-state index is -0.528. The number of aliphatic hydroxyl groups is 1. The molecule has 0 aliphatic carbocycles. The van der Waals surface area contributed by atoms with Crippen molar-refractivity contribution in [2.45, 2.75) is 38.6 Å². The van der Waals surface area contributed by atoms with Gasteiger partial charge < -0.3 is 20.3 Å². The molecule has 1 atom stereocenters. The summed E-state index contributed by atoms with van der Waals surface area (Å²) in [4.78, 5) is 0. The molecule has 4 heteroatoms. The van der Waals surface area contributed by atoms with Crippen LogP contribution in [-0.2, 0) is 6.42 Å². The van der Waals surface area contributed by atoms with Gasteiger partial charge in [-0.1, -0.05) is 13.0 Å². The lowest BCUT2D eigenvalue weighted by Gasteiger charge is -2.21. The highest BCUT2D eigenvalue weighted by atomic mass is 16.5. The van der Waals surface area contributed by atoms with Crippen molar-refractivity contribution in [3.8, 4) is 11.5 Å². The van der Waals surface area contributed by atoms with Gasteiger partial charge in [-0.25, -0.2) is 0 Å². The maximum Gasteiger partial charge on any atom is 0.161 e. The topological polar surface area (TPSA) is 64.7 Å². The number of hydrogen-bond acceptors (Lipinski definition) is 4. The van der Waals surface area contributed by atoms with E-state index in [1.54, 1.807) is 7.11 Å². The maximum absolute atomic E-state index is 9.06. The van der Waals surface area contributed by atoms with Crippen LogP contribution in [0.5, 0.6) is 11.5 Å². The summed E-state index contributed by atoms with van der Waals surface area (Å²) in [6, 6.07) is 5.97. The zero-order chi connectivity index (χ0) is 14.3. The summed E-state index contributed by atoms with van der Waals surface area (Å²) in [5, 5.41) is 9.06. The van der Waals surface area contributed by atoms with E-state index in [4.69, 9.17) is 20.3 Å². The number of ether oxygens (including phenoxy) is 2. The van der Waals surface area contributed by atoms with Gasteiger partial charge in [0.2, 0.25) is 0 Å².